The van der Waals surface area contributed by atoms with Crippen LogP contribution < -0.4 is 0 Å². The molecule has 0 unspecified atom stereocenters. The number of nitrogens with zero attached hydrogens (tertiary/aromatic N) is 1. The molecular weight excluding hydrogens is 358 g/mol. The highest BCUT2D eigenvalue weighted by Gasteiger charge is 2.29. The van der Waals surface area contributed by atoms with Crippen LogP contribution in [0, 0.1) is 0 Å². The van der Waals surface area contributed by atoms with Gasteiger partial charge in [-0.15, -0.1) is 0 Å². The van der Waals surface area contributed by atoms with Crippen molar-refractivity contribution in [2.24, 2.45) is 0 Å². The van der Waals surface area contributed by atoms with E-state index in [1.54, 1.807) is 0 Å². The van der Waals surface area contributed by atoms with E-state index in [0.717, 1.165) is 38.5 Å². The molecule has 0 fully saturated rings. The van der Waals surface area contributed by atoms with E-state index >= 15 is 0 Å². The number of carboxylic acid groups (broad SMARTS) is 2. The molecule has 6 nitrogen and oxygen atoms in total. The minimum absolute atomic E-state index is 0.0414. The second-order valence-electron chi connectivity index (χ2n) is 7.66. The molecule has 0 radical (unpaired) electrons. The van der Waals surface area contributed by atoms with Crippen molar-refractivity contribution >= 4 is 17.8 Å². The van der Waals surface area contributed by atoms with Gasteiger partial charge in [-0.2, -0.15) is 0 Å². The smallest absolute Gasteiger partial charge is 0.326 e. The Labute approximate surface area is 170 Å². The Bertz CT molecular complexity index is 439. The molecule has 0 aliphatic heterocycles. The summed E-state index contributed by atoms with van der Waals surface area (Å²) in [5.41, 5.74) is 0. The molecule has 28 heavy (non-hydrogen) atoms. The van der Waals surface area contributed by atoms with Crippen LogP contribution in [-0.2, 0) is 14.4 Å². The first kappa shape index (κ1) is 26.4. The maximum absolute atomic E-state index is 12.7. The summed E-state index contributed by atoms with van der Waals surface area (Å²) in [6.45, 7) is 4.65. The lowest BCUT2D eigenvalue weighted by Crippen LogP contribution is -2.45. The van der Waals surface area contributed by atoms with Crippen molar-refractivity contribution < 1.29 is 24.6 Å². The van der Waals surface area contributed by atoms with Gasteiger partial charge in [-0.05, 0) is 19.3 Å². The normalized spacial score (nSPS) is 11.9. The monoisotopic (exact) mass is 399 g/mol. The molecule has 0 aromatic rings. The van der Waals surface area contributed by atoms with E-state index in [4.69, 9.17) is 5.11 Å². The van der Waals surface area contributed by atoms with Crippen molar-refractivity contribution in [3.63, 3.8) is 0 Å². The van der Waals surface area contributed by atoms with Crippen LogP contribution in [0.2, 0.25) is 0 Å². The third kappa shape index (κ3) is 13.6. The number of hydrogen-bond donors (Lipinski definition) is 2. The molecule has 0 saturated carbocycles. The van der Waals surface area contributed by atoms with Gasteiger partial charge in [0.25, 0.3) is 0 Å². The van der Waals surface area contributed by atoms with E-state index in [-0.39, 0.29) is 18.7 Å². The van der Waals surface area contributed by atoms with Crippen molar-refractivity contribution in [3.05, 3.63) is 0 Å². The second kappa shape index (κ2) is 17.5. The third-order valence-electron chi connectivity index (χ3n) is 5.11. The lowest BCUT2D eigenvalue weighted by atomic mass is 10.0. The molecule has 0 bridgehead atoms. The second-order valence-corrected chi connectivity index (χ2v) is 7.66. The van der Waals surface area contributed by atoms with E-state index in [1.807, 2.05) is 6.92 Å². The van der Waals surface area contributed by atoms with Gasteiger partial charge in [-0.1, -0.05) is 78.1 Å². The molecule has 6 heteroatoms. The van der Waals surface area contributed by atoms with Crippen LogP contribution in [0.25, 0.3) is 0 Å². The fourth-order valence-electron chi connectivity index (χ4n) is 3.39. The number of carboxylic acids is 2. The Balaban J connectivity index is 4.42. The molecule has 0 aliphatic carbocycles. The van der Waals surface area contributed by atoms with Crippen molar-refractivity contribution in [1.29, 1.82) is 0 Å². The molecule has 1 amide bonds. The number of carbonyl (C=O) groups is 3. The predicted molar refractivity (Wildman–Crippen MR) is 111 cm³/mol. The zero-order chi connectivity index (χ0) is 21.2. The highest BCUT2D eigenvalue weighted by Crippen LogP contribution is 2.15. The summed E-state index contributed by atoms with van der Waals surface area (Å²) in [4.78, 5) is 36.5. The minimum atomic E-state index is -1.11. The summed E-state index contributed by atoms with van der Waals surface area (Å²) < 4.78 is 0. The number of unbranched alkanes of at least 4 members (excludes halogenated alkanes) is 10. The maximum Gasteiger partial charge on any atom is 0.326 e. The van der Waals surface area contributed by atoms with Gasteiger partial charge < -0.3 is 15.1 Å². The van der Waals surface area contributed by atoms with Gasteiger partial charge in [0.15, 0.2) is 0 Å². The van der Waals surface area contributed by atoms with Crippen LogP contribution >= 0.6 is 0 Å². The first-order chi connectivity index (χ1) is 13.4. The average molecular weight is 400 g/mol. The molecule has 164 valence electrons. The lowest BCUT2D eigenvalue weighted by molar-refractivity contribution is -0.151. The first-order valence-electron chi connectivity index (χ1n) is 11.2. The highest BCUT2D eigenvalue weighted by molar-refractivity contribution is 5.84. The summed E-state index contributed by atoms with van der Waals surface area (Å²) in [5.74, 6) is -2.30. The molecule has 0 aromatic heterocycles. The van der Waals surface area contributed by atoms with Crippen LogP contribution in [0.1, 0.15) is 110 Å². The number of hydrogen-bond acceptors (Lipinski definition) is 3. The maximum atomic E-state index is 12.7. The topological polar surface area (TPSA) is 94.9 Å². The molecule has 0 spiro atoms. The van der Waals surface area contributed by atoms with E-state index in [2.05, 4.69) is 6.92 Å². The number of aliphatic carboxylic acids is 2. The van der Waals surface area contributed by atoms with Gasteiger partial charge in [-0.25, -0.2) is 4.79 Å². The van der Waals surface area contributed by atoms with E-state index in [1.165, 1.54) is 43.4 Å². The molecular formula is C22H41NO5. The van der Waals surface area contributed by atoms with Crippen molar-refractivity contribution in [2.75, 3.05) is 6.54 Å². The molecule has 2 N–H and O–H groups in total. The summed E-state index contributed by atoms with van der Waals surface area (Å²) in [7, 11) is 0. The predicted octanol–water partition coefficient (Wildman–Crippen LogP) is 5.24. The fourth-order valence-corrected chi connectivity index (χ4v) is 3.39. The zero-order valence-corrected chi connectivity index (χ0v) is 18.0. The Morgan fingerprint density at radius 1 is 0.714 bits per heavy atom. The van der Waals surface area contributed by atoms with Gasteiger partial charge in [0.2, 0.25) is 5.91 Å². The zero-order valence-electron chi connectivity index (χ0n) is 18.0. The Kier molecular flexibility index (Phi) is 16.5. The fraction of sp³-hybridized carbons (Fsp3) is 0.864. The van der Waals surface area contributed by atoms with Gasteiger partial charge in [0.05, 0.1) is 0 Å². The molecule has 0 aliphatic rings. The van der Waals surface area contributed by atoms with Crippen LogP contribution in [0.15, 0.2) is 0 Å². The highest BCUT2D eigenvalue weighted by atomic mass is 16.4. The number of amides is 1. The van der Waals surface area contributed by atoms with Crippen molar-refractivity contribution in [1.82, 2.24) is 4.90 Å². The van der Waals surface area contributed by atoms with Crippen molar-refractivity contribution in [2.45, 2.75) is 116 Å². The van der Waals surface area contributed by atoms with E-state index in [0.29, 0.717) is 13.0 Å². The average Bonchev–Trinajstić information content (AvgIpc) is 2.64. The molecule has 0 rings (SSSR count). The van der Waals surface area contributed by atoms with Gasteiger partial charge in [-0.3, -0.25) is 9.59 Å². The van der Waals surface area contributed by atoms with Crippen LogP contribution in [0.4, 0.5) is 0 Å². The summed E-state index contributed by atoms with van der Waals surface area (Å²) in [6.07, 6.45) is 13.1. The van der Waals surface area contributed by atoms with Gasteiger partial charge >= 0.3 is 11.9 Å². The molecule has 0 saturated heterocycles. The van der Waals surface area contributed by atoms with Gasteiger partial charge in [0, 0.05) is 19.4 Å². The quantitative estimate of drug-likeness (QED) is 0.289. The standard InChI is InChI=1S/C22H41NO5/c1-3-5-7-8-9-10-11-12-13-15-20(24)23(18-14-6-4-2)19(22(27)28)16-17-21(25)26/h19H,3-18H2,1-2H3,(H,25,26)(H,27,28)/t19-/m0/s1. The summed E-state index contributed by atoms with van der Waals surface area (Å²) in [6, 6.07) is -1.04. The van der Waals surface area contributed by atoms with Crippen molar-refractivity contribution in [3.8, 4) is 0 Å². The third-order valence-corrected chi connectivity index (χ3v) is 5.11. The summed E-state index contributed by atoms with van der Waals surface area (Å²) in [5, 5.41) is 18.4. The number of carbonyl (C=O) groups excluding carboxylic acids is 1. The SMILES string of the molecule is CCCCCCCCCCCC(=O)N(CCCCC)[C@@H](CCC(=O)O)C(=O)O. The summed E-state index contributed by atoms with van der Waals surface area (Å²) >= 11 is 0. The van der Waals surface area contributed by atoms with Crippen LogP contribution in [-0.4, -0.2) is 45.5 Å². The Hall–Kier alpha value is -1.59. The minimum Gasteiger partial charge on any atom is -0.481 e. The van der Waals surface area contributed by atoms with E-state index < -0.39 is 18.0 Å². The van der Waals surface area contributed by atoms with Crippen LogP contribution in [0.5, 0.6) is 0 Å². The first-order valence-corrected chi connectivity index (χ1v) is 11.2. The van der Waals surface area contributed by atoms with Crippen LogP contribution in [0.3, 0.4) is 0 Å². The van der Waals surface area contributed by atoms with Gasteiger partial charge in [0.1, 0.15) is 6.04 Å². The molecule has 1 atom stereocenters. The number of rotatable bonds is 19. The largest absolute Gasteiger partial charge is 0.481 e. The molecule has 0 heterocycles. The lowest BCUT2D eigenvalue weighted by Gasteiger charge is -2.29. The van der Waals surface area contributed by atoms with E-state index in [9.17, 15) is 19.5 Å². The Morgan fingerprint density at radius 2 is 1.21 bits per heavy atom. The molecule has 0 aromatic carbocycles. The Morgan fingerprint density at radius 3 is 1.71 bits per heavy atom.